The largest absolute Gasteiger partial charge is 0.363 e. The van der Waals surface area contributed by atoms with Gasteiger partial charge in [0.25, 0.3) is 0 Å². The van der Waals surface area contributed by atoms with Crippen molar-refractivity contribution in [2.24, 2.45) is 10.9 Å². The van der Waals surface area contributed by atoms with Gasteiger partial charge < -0.3 is 4.90 Å². The third kappa shape index (κ3) is 7.75. The van der Waals surface area contributed by atoms with E-state index < -0.39 is 0 Å². The van der Waals surface area contributed by atoms with E-state index in [2.05, 4.69) is 30.8 Å². The Morgan fingerprint density at radius 3 is 2.56 bits per heavy atom. The minimum atomic E-state index is 0.778. The predicted molar refractivity (Wildman–Crippen MR) is 74.0 cm³/mol. The quantitative estimate of drug-likeness (QED) is 0.504. The highest BCUT2D eigenvalue weighted by Crippen LogP contribution is 2.07. The molecule has 0 N–H and O–H groups in total. The summed E-state index contributed by atoms with van der Waals surface area (Å²) in [6.45, 7) is 9.61. The van der Waals surface area contributed by atoms with E-state index in [1.54, 1.807) is 6.20 Å². The molecule has 0 aromatic heterocycles. The molecule has 2 nitrogen and oxygen atoms in total. The van der Waals surface area contributed by atoms with E-state index in [9.17, 15) is 0 Å². The number of aliphatic imine (C=N–C) groups is 1. The van der Waals surface area contributed by atoms with Gasteiger partial charge in [0, 0.05) is 24.8 Å². The van der Waals surface area contributed by atoms with Gasteiger partial charge in [-0.05, 0) is 32.1 Å². The van der Waals surface area contributed by atoms with Gasteiger partial charge in [0.2, 0.25) is 0 Å². The molecule has 0 atom stereocenters. The van der Waals surface area contributed by atoms with E-state index in [1.165, 1.54) is 12.8 Å². The smallest absolute Gasteiger partial charge is 0.101 e. The number of hydrogen-bond acceptors (Lipinski definition) is 1. The molecule has 0 radical (unpaired) electrons. The molecule has 94 valence electrons. The summed E-state index contributed by atoms with van der Waals surface area (Å²) in [5.74, 6) is 1.80. The second kappa shape index (κ2) is 8.63. The van der Waals surface area contributed by atoms with E-state index >= 15 is 0 Å². The van der Waals surface area contributed by atoms with Crippen molar-refractivity contribution in [1.82, 2.24) is 4.90 Å². The van der Waals surface area contributed by atoms with Crippen LogP contribution in [0.3, 0.4) is 0 Å². The van der Waals surface area contributed by atoms with Crippen LogP contribution in [0.2, 0.25) is 0 Å². The Bertz CT molecular complexity index is 244. The normalized spacial score (nSPS) is 13.4. The summed E-state index contributed by atoms with van der Waals surface area (Å²) in [6, 6.07) is 0. The third-order valence-corrected chi connectivity index (χ3v) is 2.92. The van der Waals surface area contributed by atoms with Gasteiger partial charge in [0.15, 0.2) is 0 Å². The number of hydrogen-bond donors (Lipinski definition) is 0. The molecule has 0 rings (SSSR count). The molecule has 0 aromatic carbocycles. The first kappa shape index (κ1) is 15.5. The van der Waals surface area contributed by atoms with Crippen LogP contribution in [0.1, 0.15) is 47.0 Å². The van der Waals surface area contributed by atoms with Gasteiger partial charge in [-0.25, -0.2) is 4.99 Å². The van der Waals surface area contributed by atoms with Crippen LogP contribution in [-0.4, -0.2) is 24.3 Å². The van der Waals surface area contributed by atoms with Crippen molar-refractivity contribution in [1.29, 1.82) is 0 Å². The molecule has 0 aromatic rings. The number of halogens is 1. The number of rotatable bonds is 6. The molecule has 0 aliphatic rings. The average molecular weight is 245 g/mol. The predicted octanol–water partition coefficient (Wildman–Crippen LogP) is 4.26. The van der Waals surface area contributed by atoms with Crippen molar-refractivity contribution in [3.05, 3.63) is 11.2 Å². The Labute approximate surface area is 105 Å². The highest BCUT2D eigenvalue weighted by molar-refractivity contribution is 6.29. The van der Waals surface area contributed by atoms with E-state index in [4.69, 9.17) is 11.6 Å². The minimum absolute atomic E-state index is 0.778. The van der Waals surface area contributed by atoms with Crippen LogP contribution < -0.4 is 0 Å². The van der Waals surface area contributed by atoms with E-state index in [0.717, 1.165) is 29.8 Å². The Hall–Kier alpha value is -0.500. The maximum Gasteiger partial charge on any atom is 0.101 e. The van der Waals surface area contributed by atoms with Crippen LogP contribution in [0.4, 0.5) is 0 Å². The molecule has 0 aliphatic carbocycles. The maximum atomic E-state index is 5.90. The van der Waals surface area contributed by atoms with Crippen molar-refractivity contribution in [3.63, 3.8) is 0 Å². The van der Waals surface area contributed by atoms with Crippen LogP contribution in [-0.2, 0) is 0 Å². The van der Waals surface area contributed by atoms with E-state index in [-0.39, 0.29) is 0 Å². The fourth-order valence-electron chi connectivity index (χ4n) is 1.25. The second-order valence-electron chi connectivity index (χ2n) is 4.56. The Balaban J connectivity index is 4.02. The monoisotopic (exact) mass is 244 g/mol. The first-order valence-corrected chi connectivity index (χ1v) is 6.45. The molecule has 0 aliphatic heterocycles. The summed E-state index contributed by atoms with van der Waals surface area (Å²) < 4.78 is 0. The fraction of sp³-hybridized carbons (Fsp3) is 0.769. The van der Waals surface area contributed by atoms with Crippen LogP contribution in [0.15, 0.2) is 16.2 Å². The molecular formula is C13H25ClN2. The molecule has 0 saturated heterocycles. The number of nitrogens with zero attached hydrogens (tertiary/aromatic N) is 2. The average Bonchev–Trinajstić information content (AvgIpc) is 2.24. The van der Waals surface area contributed by atoms with Gasteiger partial charge in [-0.1, -0.05) is 32.4 Å². The Morgan fingerprint density at radius 2 is 2.06 bits per heavy atom. The van der Waals surface area contributed by atoms with Gasteiger partial charge in [0.05, 0.1) is 0 Å². The number of amidine groups is 1. The molecule has 0 spiro atoms. The Kier molecular flexibility index (Phi) is 8.36. The topological polar surface area (TPSA) is 15.6 Å². The summed E-state index contributed by atoms with van der Waals surface area (Å²) in [5, 5.41) is 0.801. The maximum absolute atomic E-state index is 5.90. The van der Waals surface area contributed by atoms with Crippen LogP contribution in [0.25, 0.3) is 0 Å². The van der Waals surface area contributed by atoms with Gasteiger partial charge in [-0.15, -0.1) is 0 Å². The van der Waals surface area contributed by atoms with Gasteiger partial charge in [-0.3, -0.25) is 0 Å². The van der Waals surface area contributed by atoms with Crippen molar-refractivity contribution in [2.45, 2.75) is 47.0 Å². The van der Waals surface area contributed by atoms with Crippen molar-refractivity contribution >= 4 is 17.4 Å². The van der Waals surface area contributed by atoms with Gasteiger partial charge in [-0.2, -0.15) is 0 Å². The van der Waals surface area contributed by atoms with Crippen molar-refractivity contribution in [2.75, 3.05) is 13.6 Å². The summed E-state index contributed by atoms with van der Waals surface area (Å²) in [5.41, 5.74) is 0. The molecule has 3 heteroatoms. The lowest BCUT2D eigenvalue weighted by molar-refractivity contribution is 0.443. The van der Waals surface area contributed by atoms with E-state index in [1.807, 2.05) is 13.8 Å². The zero-order valence-electron chi connectivity index (χ0n) is 11.3. The summed E-state index contributed by atoms with van der Waals surface area (Å²) in [4.78, 5) is 6.52. The second-order valence-corrected chi connectivity index (χ2v) is 5.05. The van der Waals surface area contributed by atoms with Crippen LogP contribution in [0.5, 0.6) is 0 Å². The SMILES string of the molecule is CC/C(Cl)=C\N=C(C)N(C)CCCC(C)C. The molecule has 0 heterocycles. The lowest BCUT2D eigenvalue weighted by atomic mass is 10.1. The minimum Gasteiger partial charge on any atom is -0.363 e. The Morgan fingerprint density at radius 1 is 1.44 bits per heavy atom. The van der Waals surface area contributed by atoms with Crippen molar-refractivity contribution in [3.8, 4) is 0 Å². The third-order valence-electron chi connectivity index (χ3n) is 2.56. The van der Waals surface area contributed by atoms with Crippen molar-refractivity contribution < 1.29 is 0 Å². The van der Waals surface area contributed by atoms with Crippen LogP contribution >= 0.6 is 11.6 Å². The zero-order chi connectivity index (χ0) is 12.6. The molecular weight excluding hydrogens is 220 g/mol. The lowest BCUT2D eigenvalue weighted by Crippen LogP contribution is -2.25. The highest BCUT2D eigenvalue weighted by atomic mass is 35.5. The van der Waals surface area contributed by atoms with Gasteiger partial charge >= 0.3 is 0 Å². The molecule has 0 fully saturated rings. The first-order chi connectivity index (χ1) is 7.47. The lowest BCUT2D eigenvalue weighted by Gasteiger charge is -2.18. The first-order valence-electron chi connectivity index (χ1n) is 6.07. The molecule has 0 bridgehead atoms. The summed E-state index contributed by atoms with van der Waals surface area (Å²) in [6.07, 6.45) is 5.07. The van der Waals surface area contributed by atoms with Crippen LogP contribution in [0, 0.1) is 5.92 Å². The zero-order valence-corrected chi connectivity index (χ0v) is 12.0. The molecule has 0 amide bonds. The van der Waals surface area contributed by atoms with E-state index in [0.29, 0.717) is 0 Å². The molecule has 0 unspecified atom stereocenters. The standard InChI is InChI=1S/C13H25ClN2/c1-6-13(14)10-15-12(4)16(5)9-7-8-11(2)3/h10-11H,6-9H2,1-5H3/b13-10+,15-12?. The van der Waals surface area contributed by atoms with Gasteiger partial charge in [0.1, 0.15) is 5.84 Å². The summed E-state index contributed by atoms with van der Waals surface area (Å²) in [7, 11) is 2.08. The molecule has 16 heavy (non-hydrogen) atoms. The highest BCUT2D eigenvalue weighted by Gasteiger charge is 2.01. The number of allylic oxidation sites excluding steroid dienone is 1. The fourth-order valence-corrected chi connectivity index (χ4v) is 1.30. The molecule has 0 saturated carbocycles. The summed E-state index contributed by atoms with van der Waals surface area (Å²) >= 11 is 5.90.